The van der Waals surface area contributed by atoms with Crippen LogP contribution in [-0.4, -0.2) is 28.7 Å². The van der Waals surface area contributed by atoms with Crippen LogP contribution in [0.15, 0.2) is 18.2 Å². The molecule has 1 fully saturated rings. The highest BCUT2D eigenvalue weighted by molar-refractivity contribution is 5.37. The third kappa shape index (κ3) is 3.10. The molecule has 1 saturated heterocycles. The number of aryl methyl sites for hydroxylation is 1. The van der Waals surface area contributed by atoms with E-state index in [9.17, 15) is 5.11 Å². The predicted molar refractivity (Wildman–Crippen MR) is 71.0 cm³/mol. The molecule has 1 aromatic carbocycles. The maximum Gasteiger partial charge on any atom is 0.0991 e. The Bertz CT molecular complexity index is 464. The summed E-state index contributed by atoms with van der Waals surface area (Å²) in [5.41, 5.74) is 2.68. The van der Waals surface area contributed by atoms with Crippen molar-refractivity contribution in [2.24, 2.45) is 0 Å². The first-order valence-electron chi connectivity index (χ1n) is 6.44. The third-order valence-electron chi connectivity index (χ3n) is 3.80. The molecule has 0 atom stereocenters. The van der Waals surface area contributed by atoms with Gasteiger partial charge in [0.15, 0.2) is 0 Å². The lowest BCUT2D eigenvalue weighted by Crippen LogP contribution is -2.42. The Morgan fingerprint density at radius 1 is 1.39 bits per heavy atom. The van der Waals surface area contributed by atoms with E-state index in [1.54, 1.807) is 0 Å². The third-order valence-corrected chi connectivity index (χ3v) is 3.80. The molecule has 1 aliphatic heterocycles. The lowest BCUT2D eigenvalue weighted by atomic mass is 9.93. The van der Waals surface area contributed by atoms with Gasteiger partial charge in [0.2, 0.25) is 0 Å². The maximum absolute atomic E-state index is 9.92. The van der Waals surface area contributed by atoms with Crippen LogP contribution in [0, 0.1) is 18.3 Å². The van der Waals surface area contributed by atoms with Crippen LogP contribution in [0.1, 0.15) is 36.5 Å². The lowest BCUT2D eigenvalue weighted by molar-refractivity contribution is -0.00733. The van der Waals surface area contributed by atoms with Crippen LogP contribution in [-0.2, 0) is 6.54 Å². The summed E-state index contributed by atoms with van der Waals surface area (Å²) >= 11 is 0. The van der Waals surface area contributed by atoms with E-state index in [1.165, 1.54) is 11.1 Å². The molecule has 96 valence electrons. The number of benzene rings is 1. The second-order valence-electron chi connectivity index (χ2n) is 5.53. The van der Waals surface area contributed by atoms with E-state index in [0.29, 0.717) is 0 Å². The highest BCUT2D eigenvalue weighted by Gasteiger charge is 2.27. The standard InChI is InChI=1S/C15H20N2O/c1-12-9-13(10-16)3-4-14(12)11-17-7-5-15(2,18)6-8-17/h3-4,9,18H,5-8,11H2,1-2H3. The molecular weight excluding hydrogens is 224 g/mol. The number of rotatable bonds is 2. The highest BCUT2D eigenvalue weighted by atomic mass is 16.3. The van der Waals surface area contributed by atoms with Crippen molar-refractivity contribution in [2.75, 3.05) is 13.1 Å². The minimum atomic E-state index is -0.490. The van der Waals surface area contributed by atoms with Crippen LogP contribution in [0.2, 0.25) is 0 Å². The van der Waals surface area contributed by atoms with E-state index >= 15 is 0 Å². The largest absolute Gasteiger partial charge is 0.390 e. The van der Waals surface area contributed by atoms with Gasteiger partial charge in [-0.05, 0) is 49.9 Å². The Morgan fingerprint density at radius 2 is 2.06 bits per heavy atom. The van der Waals surface area contributed by atoms with Gasteiger partial charge in [0.1, 0.15) is 0 Å². The second kappa shape index (κ2) is 5.09. The molecule has 0 spiro atoms. The van der Waals surface area contributed by atoms with Crippen molar-refractivity contribution in [2.45, 2.75) is 38.8 Å². The molecule has 0 bridgehead atoms. The van der Waals surface area contributed by atoms with Crippen LogP contribution in [0.4, 0.5) is 0 Å². The van der Waals surface area contributed by atoms with E-state index in [4.69, 9.17) is 5.26 Å². The molecular formula is C15H20N2O. The van der Waals surface area contributed by atoms with Gasteiger partial charge in [-0.15, -0.1) is 0 Å². The summed E-state index contributed by atoms with van der Waals surface area (Å²) in [6.07, 6.45) is 1.67. The number of hydrogen-bond acceptors (Lipinski definition) is 3. The molecule has 0 unspecified atom stereocenters. The molecule has 18 heavy (non-hydrogen) atoms. The Kier molecular flexibility index (Phi) is 3.70. The summed E-state index contributed by atoms with van der Waals surface area (Å²) in [5.74, 6) is 0. The Labute approximate surface area is 109 Å². The fourth-order valence-corrected chi connectivity index (χ4v) is 2.38. The molecule has 2 rings (SSSR count). The van der Waals surface area contributed by atoms with E-state index in [1.807, 2.05) is 25.1 Å². The van der Waals surface area contributed by atoms with Gasteiger partial charge in [0.05, 0.1) is 17.2 Å². The molecule has 0 aliphatic carbocycles. The SMILES string of the molecule is Cc1cc(C#N)ccc1CN1CCC(C)(O)CC1. The fraction of sp³-hybridized carbons (Fsp3) is 0.533. The Balaban J connectivity index is 2.01. The first-order valence-corrected chi connectivity index (χ1v) is 6.44. The number of nitriles is 1. The number of piperidine rings is 1. The fourth-order valence-electron chi connectivity index (χ4n) is 2.38. The topological polar surface area (TPSA) is 47.3 Å². The Morgan fingerprint density at radius 3 is 2.61 bits per heavy atom. The van der Waals surface area contributed by atoms with E-state index in [0.717, 1.165) is 38.0 Å². The van der Waals surface area contributed by atoms with Gasteiger partial charge in [0, 0.05) is 19.6 Å². The number of nitrogens with zero attached hydrogens (tertiary/aromatic N) is 2. The molecule has 0 amide bonds. The molecule has 0 radical (unpaired) electrons. The van der Waals surface area contributed by atoms with E-state index in [2.05, 4.69) is 17.9 Å². The molecule has 1 heterocycles. The molecule has 1 aromatic rings. The average Bonchev–Trinajstić information content (AvgIpc) is 2.34. The summed E-state index contributed by atoms with van der Waals surface area (Å²) in [5, 5.41) is 18.8. The second-order valence-corrected chi connectivity index (χ2v) is 5.53. The molecule has 1 N–H and O–H groups in total. The average molecular weight is 244 g/mol. The van der Waals surface area contributed by atoms with Crippen molar-refractivity contribution < 1.29 is 5.11 Å². The summed E-state index contributed by atoms with van der Waals surface area (Å²) in [6.45, 7) is 6.75. The van der Waals surface area contributed by atoms with Crippen LogP contribution >= 0.6 is 0 Å². The van der Waals surface area contributed by atoms with Gasteiger partial charge in [-0.2, -0.15) is 5.26 Å². The zero-order chi connectivity index (χ0) is 13.2. The smallest absolute Gasteiger partial charge is 0.0991 e. The minimum absolute atomic E-state index is 0.490. The molecule has 0 saturated carbocycles. The van der Waals surface area contributed by atoms with E-state index in [-0.39, 0.29) is 0 Å². The van der Waals surface area contributed by atoms with Crippen molar-refractivity contribution >= 4 is 0 Å². The highest BCUT2D eigenvalue weighted by Crippen LogP contribution is 2.23. The van der Waals surface area contributed by atoms with Gasteiger partial charge in [-0.25, -0.2) is 0 Å². The van der Waals surface area contributed by atoms with Gasteiger partial charge < -0.3 is 5.11 Å². The van der Waals surface area contributed by atoms with Crippen molar-refractivity contribution in [1.29, 1.82) is 5.26 Å². The van der Waals surface area contributed by atoms with Crippen LogP contribution in [0.25, 0.3) is 0 Å². The van der Waals surface area contributed by atoms with Gasteiger partial charge >= 0.3 is 0 Å². The maximum atomic E-state index is 9.92. The quantitative estimate of drug-likeness (QED) is 0.867. The number of aliphatic hydroxyl groups is 1. The predicted octanol–water partition coefficient (Wildman–Crippen LogP) is 2.21. The number of likely N-dealkylation sites (tertiary alicyclic amines) is 1. The summed E-state index contributed by atoms with van der Waals surface area (Å²) in [4.78, 5) is 2.37. The van der Waals surface area contributed by atoms with Gasteiger partial charge in [0.25, 0.3) is 0 Å². The van der Waals surface area contributed by atoms with Crippen molar-refractivity contribution in [1.82, 2.24) is 4.90 Å². The summed E-state index contributed by atoms with van der Waals surface area (Å²) < 4.78 is 0. The molecule has 3 heteroatoms. The van der Waals surface area contributed by atoms with Crippen molar-refractivity contribution in [3.05, 3.63) is 34.9 Å². The van der Waals surface area contributed by atoms with Crippen molar-refractivity contribution in [3.63, 3.8) is 0 Å². The normalized spacial score (nSPS) is 19.4. The molecule has 1 aliphatic rings. The Hall–Kier alpha value is -1.37. The molecule has 3 nitrogen and oxygen atoms in total. The zero-order valence-corrected chi connectivity index (χ0v) is 11.1. The van der Waals surface area contributed by atoms with Crippen LogP contribution in [0.5, 0.6) is 0 Å². The monoisotopic (exact) mass is 244 g/mol. The van der Waals surface area contributed by atoms with Gasteiger partial charge in [-0.1, -0.05) is 6.07 Å². The summed E-state index contributed by atoms with van der Waals surface area (Å²) in [7, 11) is 0. The first-order chi connectivity index (χ1) is 8.50. The van der Waals surface area contributed by atoms with Crippen LogP contribution in [0.3, 0.4) is 0 Å². The summed E-state index contributed by atoms with van der Waals surface area (Å²) in [6, 6.07) is 8.02. The first kappa shape index (κ1) is 13.1. The number of hydrogen-bond donors (Lipinski definition) is 1. The van der Waals surface area contributed by atoms with Gasteiger partial charge in [-0.3, -0.25) is 4.90 Å². The minimum Gasteiger partial charge on any atom is -0.390 e. The van der Waals surface area contributed by atoms with Crippen molar-refractivity contribution in [3.8, 4) is 6.07 Å². The van der Waals surface area contributed by atoms with E-state index < -0.39 is 5.60 Å². The molecule has 0 aromatic heterocycles. The zero-order valence-electron chi connectivity index (χ0n) is 11.1. The lowest BCUT2D eigenvalue weighted by Gasteiger charge is -2.36. The van der Waals surface area contributed by atoms with Crippen LogP contribution < -0.4 is 0 Å².